The molecule has 4 N–H and O–H groups in total. The number of hydrogen-bond acceptors (Lipinski definition) is 13. The van der Waals surface area contributed by atoms with E-state index >= 15 is 0 Å². The normalized spacial score (nSPS) is 13.2. The summed E-state index contributed by atoms with van der Waals surface area (Å²) in [5.74, 6) is -2.18. The number of aromatic nitrogens is 6. The summed E-state index contributed by atoms with van der Waals surface area (Å²) in [5, 5.41) is 9.58. The van der Waals surface area contributed by atoms with Crippen LogP contribution >= 0.6 is 45.5 Å². The van der Waals surface area contributed by atoms with E-state index in [2.05, 4.69) is 115 Å². The summed E-state index contributed by atoms with van der Waals surface area (Å²) in [5.41, 5.74) is 19.5. The number of amides is 2. The Morgan fingerprint density at radius 2 is 0.769 bits per heavy atom. The zero-order valence-corrected chi connectivity index (χ0v) is 56.1. The van der Waals surface area contributed by atoms with Crippen molar-refractivity contribution in [2.24, 2.45) is 5.73 Å². The lowest BCUT2D eigenvalue weighted by molar-refractivity contribution is 0.0696. The van der Waals surface area contributed by atoms with Crippen LogP contribution in [-0.2, 0) is 35.3 Å². The molecule has 22 heteroatoms. The molecule has 2 aliphatic carbocycles. The van der Waals surface area contributed by atoms with Gasteiger partial charge in [0.1, 0.15) is 0 Å². The largest absolute Gasteiger partial charge is 0.478 e. The van der Waals surface area contributed by atoms with Crippen LogP contribution in [0.15, 0.2) is 165 Å². The third-order valence-corrected chi connectivity index (χ3v) is 19.3. The maximum atomic E-state index is 12.4. The first-order chi connectivity index (χ1) is 42.7. The smallest absolute Gasteiger partial charge is 0.335 e. The van der Waals surface area contributed by atoms with Crippen LogP contribution in [0, 0.1) is 0 Å². The van der Waals surface area contributed by atoms with Crippen molar-refractivity contribution in [1.29, 1.82) is 0 Å². The van der Waals surface area contributed by atoms with Crippen molar-refractivity contribution in [3.05, 3.63) is 214 Å². The van der Waals surface area contributed by atoms with Gasteiger partial charge in [0.2, 0.25) is 25.0 Å². The molecule has 2 saturated carbocycles. The number of carbonyl (C=O) groups is 3. The Morgan fingerprint density at radius 1 is 0.451 bits per heavy atom. The maximum Gasteiger partial charge on any atom is 0.335 e. The molecule has 0 atom stereocenters. The molecule has 11 rings (SSSR count). The van der Waals surface area contributed by atoms with E-state index in [-0.39, 0.29) is 32.6 Å². The number of aromatic carboxylic acids is 1. The topological polar surface area (TPSA) is 255 Å². The number of sulfonamides is 1. The summed E-state index contributed by atoms with van der Waals surface area (Å²) < 4.78 is 46.5. The molecule has 3 aromatic carbocycles. The number of nitrogens with two attached hydrogens (primary N) is 1. The Morgan fingerprint density at radius 3 is 1.07 bits per heavy atom. The predicted octanol–water partition coefficient (Wildman–Crippen LogP) is 16.0. The molecule has 0 radical (unpaired) electrons. The second-order valence-corrected chi connectivity index (χ2v) is 31.1. The summed E-state index contributed by atoms with van der Waals surface area (Å²) >= 11 is 19.1. The Bertz CT molecular complexity index is 4290. The first-order valence-electron chi connectivity index (χ1n) is 28.8. The highest BCUT2D eigenvalue weighted by atomic mass is 35.7. The van der Waals surface area contributed by atoms with Gasteiger partial charge in [-0.15, -0.1) is 0 Å². The van der Waals surface area contributed by atoms with Crippen molar-refractivity contribution >= 4 is 82.3 Å². The monoisotopic (exact) mass is 1340 g/mol. The van der Waals surface area contributed by atoms with E-state index < -0.39 is 42.1 Å². The second kappa shape index (κ2) is 28.3. The molecule has 0 aliphatic heterocycles. The molecule has 9 aromatic rings. The molecule has 16 nitrogen and oxygen atoms in total. The number of carboxylic acid groups (broad SMARTS) is 1. The third-order valence-electron chi connectivity index (χ3n) is 14.6. The fourth-order valence-electron chi connectivity index (χ4n) is 8.97. The van der Waals surface area contributed by atoms with E-state index in [1.807, 2.05) is 48.8 Å². The van der Waals surface area contributed by atoms with Gasteiger partial charge in [0, 0.05) is 176 Å². The van der Waals surface area contributed by atoms with Gasteiger partial charge in [-0.2, -0.15) is 0 Å². The lowest BCUT2D eigenvalue weighted by atomic mass is 9.90. The van der Waals surface area contributed by atoms with Crippen molar-refractivity contribution in [2.45, 2.75) is 115 Å². The zero-order valence-electron chi connectivity index (χ0n) is 51.5. The van der Waals surface area contributed by atoms with Crippen LogP contribution in [0.25, 0.3) is 66.8 Å². The molecule has 2 aliphatic rings. The lowest BCUT2D eigenvalue weighted by Gasteiger charge is -2.18. The number of benzene rings is 3. The Labute approximate surface area is 550 Å². The molecular weight excluding hydrogens is 1270 g/mol. The minimum Gasteiger partial charge on any atom is -0.478 e. The number of nitrogens with zero attached hydrogens (tertiary/aromatic N) is 6. The van der Waals surface area contributed by atoms with Gasteiger partial charge in [0.05, 0.1) is 16.1 Å². The number of rotatable bonds is 12. The molecule has 0 bridgehead atoms. The highest BCUT2D eigenvalue weighted by Gasteiger charge is 2.37. The molecule has 0 unspecified atom stereocenters. The molecule has 0 saturated heterocycles. The standard InChI is InChI=1S/C24H24ClN3O3S.C21H20ClN3O.C21H19ClN2O2.C3H5ClO2S/c1-24(2,3)22-12-15(8-9-27-22)17-10-18(14-26-13-17)20-7-4-16(11-21(20)25)23(29)28-32(30,31)19-5-6-19;1-21(2,3)19-10-13(6-7-25-19)15-8-16(12-24-11-15)17-5-4-14(20(23)26)9-18(17)22;1-21(2,3)19-10-13(6-7-24-19)15-8-16(12-23-11-15)17-5-4-14(20(25)26)9-18(17)22;4-7(5,6)3-1-2-3/h4,7-14,19H,5-6H2,1-3H3,(H,28,29);4-12H,1-3H3,(H2,23,26);4-12H,1-3H3,(H,25,26);3H,1-2H2. The van der Waals surface area contributed by atoms with Crippen molar-refractivity contribution in [1.82, 2.24) is 34.6 Å². The van der Waals surface area contributed by atoms with Gasteiger partial charge in [-0.05, 0) is 133 Å². The van der Waals surface area contributed by atoms with Crippen LogP contribution in [0.2, 0.25) is 15.1 Å². The Hall–Kier alpha value is -7.97. The highest BCUT2D eigenvalue weighted by Crippen LogP contribution is 2.37. The average molecular weight is 1340 g/mol. The Balaban J connectivity index is 0.000000167. The van der Waals surface area contributed by atoms with Gasteiger partial charge in [-0.1, -0.05) is 115 Å². The van der Waals surface area contributed by atoms with Crippen LogP contribution in [0.1, 0.15) is 136 Å². The summed E-state index contributed by atoms with van der Waals surface area (Å²) in [6.45, 7) is 19.1. The minimum atomic E-state index is -3.62. The fourth-order valence-corrected chi connectivity index (χ4v) is 12.4. The molecule has 472 valence electrons. The minimum absolute atomic E-state index is 0.0328. The van der Waals surface area contributed by atoms with Crippen LogP contribution in [0.3, 0.4) is 0 Å². The number of primary amides is 1. The SMILES string of the molecule is CC(C)(C)c1cc(-c2cncc(-c3ccc(C(=O)NS(=O)(=O)C4CC4)cc3Cl)c2)ccn1.CC(C)(C)c1cc(-c2cncc(-c3ccc(C(=O)O)cc3Cl)c2)ccn1.CC(C)(C)c1cc(-c2cncc(-c3ccc(C(N)=O)cc3Cl)c2)ccn1.O=S(=O)(Cl)C1CC1. The van der Waals surface area contributed by atoms with Crippen LogP contribution in [0.5, 0.6) is 0 Å². The molecule has 0 spiro atoms. The van der Waals surface area contributed by atoms with Crippen molar-refractivity contribution in [3.8, 4) is 66.8 Å². The van der Waals surface area contributed by atoms with Crippen LogP contribution in [-0.4, -0.2) is 80.1 Å². The van der Waals surface area contributed by atoms with Gasteiger partial charge in [-0.3, -0.25) is 39.5 Å². The van der Waals surface area contributed by atoms with E-state index in [4.69, 9.17) is 56.3 Å². The molecule has 6 heterocycles. The summed E-state index contributed by atoms with van der Waals surface area (Å²) in [7, 11) is -1.87. The van der Waals surface area contributed by atoms with Crippen molar-refractivity contribution < 1.29 is 36.3 Å². The Kier molecular flexibility index (Phi) is 21.4. The van der Waals surface area contributed by atoms with E-state index in [0.29, 0.717) is 39.0 Å². The van der Waals surface area contributed by atoms with Gasteiger partial charge in [0.25, 0.3) is 5.91 Å². The molecule has 91 heavy (non-hydrogen) atoms. The zero-order chi connectivity index (χ0) is 66.4. The van der Waals surface area contributed by atoms with Gasteiger partial charge >= 0.3 is 5.97 Å². The number of pyridine rings is 6. The van der Waals surface area contributed by atoms with Crippen LogP contribution in [0.4, 0.5) is 0 Å². The number of halogens is 4. The van der Waals surface area contributed by atoms with Crippen LogP contribution < -0.4 is 10.5 Å². The molecular formula is C69H68Cl4N8O8S2. The number of hydrogen-bond donors (Lipinski definition) is 3. The van der Waals surface area contributed by atoms with Crippen molar-refractivity contribution in [3.63, 3.8) is 0 Å². The number of carboxylic acids is 1. The first kappa shape index (κ1) is 68.9. The fraction of sp³-hybridized carbons (Fsp3) is 0.261. The number of carbonyl (C=O) groups excluding carboxylic acids is 2. The van der Waals surface area contributed by atoms with Gasteiger partial charge < -0.3 is 10.8 Å². The molecule has 2 amide bonds. The van der Waals surface area contributed by atoms with E-state index in [0.717, 1.165) is 91.1 Å². The van der Waals surface area contributed by atoms with E-state index in [1.54, 1.807) is 85.8 Å². The quantitative estimate of drug-likeness (QED) is 0.0962. The summed E-state index contributed by atoms with van der Waals surface area (Å²) in [6.07, 6.45) is 18.7. The first-order valence-corrected chi connectivity index (χ1v) is 33.9. The van der Waals surface area contributed by atoms with Gasteiger partial charge in [0.15, 0.2) is 0 Å². The highest BCUT2D eigenvalue weighted by molar-refractivity contribution is 8.14. The maximum absolute atomic E-state index is 12.4. The lowest BCUT2D eigenvalue weighted by Crippen LogP contribution is -2.33. The molecule has 2 fully saturated rings. The molecule has 6 aromatic heterocycles. The van der Waals surface area contributed by atoms with E-state index in [9.17, 15) is 31.2 Å². The number of nitrogens with one attached hydrogen (secondary N) is 1. The van der Waals surface area contributed by atoms with Gasteiger partial charge in [-0.25, -0.2) is 26.4 Å². The predicted molar refractivity (Wildman–Crippen MR) is 363 cm³/mol. The third kappa shape index (κ3) is 18.6. The summed E-state index contributed by atoms with van der Waals surface area (Å²) in [6, 6.07) is 32.5. The van der Waals surface area contributed by atoms with E-state index in [1.165, 1.54) is 12.1 Å². The second-order valence-electron chi connectivity index (χ2n) is 25.0. The van der Waals surface area contributed by atoms with Crippen molar-refractivity contribution in [2.75, 3.05) is 0 Å². The summed E-state index contributed by atoms with van der Waals surface area (Å²) in [4.78, 5) is 61.2. The average Bonchev–Trinajstić information content (AvgIpc) is 1.93.